The van der Waals surface area contributed by atoms with E-state index in [9.17, 15) is 4.79 Å². The Morgan fingerprint density at radius 1 is 1.24 bits per heavy atom. The summed E-state index contributed by atoms with van der Waals surface area (Å²) in [4.78, 5) is 26.6. The van der Waals surface area contributed by atoms with Crippen molar-refractivity contribution >= 4 is 11.6 Å². The molecule has 0 saturated carbocycles. The zero-order valence-electron chi connectivity index (χ0n) is 13.7. The van der Waals surface area contributed by atoms with E-state index >= 15 is 0 Å². The summed E-state index contributed by atoms with van der Waals surface area (Å²) in [5.41, 5.74) is 2.19. The molecule has 0 aromatic carbocycles. The molecule has 128 valence electrons. The van der Waals surface area contributed by atoms with E-state index < -0.39 is 0 Å². The number of nitrogens with zero attached hydrogens (tertiary/aromatic N) is 6. The molecule has 1 fully saturated rings. The zero-order valence-corrected chi connectivity index (χ0v) is 13.7. The van der Waals surface area contributed by atoms with Crippen molar-refractivity contribution in [3.8, 4) is 0 Å². The molecule has 4 rings (SSSR count). The fourth-order valence-electron chi connectivity index (χ4n) is 3.03. The van der Waals surface area contributed by atoms with Crippen LogP contribution in [0.3, 0.4) is 0 Å². The average molecular weight is 338 g/mol. The minimum atomic E-state index is -0.0871. The molecule has 8 nitrogen and oxygen atoms in total. The third-order valence-electron chi connectivity index (χ3n) is 4.23. The molecule has 3 aromatic heterocycles. The van der Waals surface area contributed by atoms with Gasteiger partial charge in [0, 0.05) is 37.6 Å². The Morgan fingerprint density at radius 3 is 3.08 bits per heavy atom. The minimum absolute atomic E-state index is 0.0871. The zero-order chi connectivity index (χ0) is 17.1. The van der Waals surface area contributed by atoms with Crippen LogP contribution in [0.5, 0.6) is 0 Å². The lowest BCUT2D eigenvalue weighted by Crippen LogP contribution is -2.37. The summed E-state index contributed by atoms with van der Waals surface area (Å²) in [5, 5.41) is 4.56. The van der Waals surface area contributed by atoms with Crippen LogP contribution in [0.4, 0.5) is 0 Å². The van der Waals surface area contributed by atoms with Crippen molar-refractivity contribution in [2.24, 2.45) is 5.92 Å². The lowest BCUT2D eigenvalue weighted by atomic mass is 10.0. The van der Waals surface area contributed by atoms with E-state index in [1.165, 1.54) is 6.33 Å². The summed E-state index contributed by atoms with van der Waals surface area (Å²) in [7, 11) is 0. The second-order valence-electron chi connectivity index (χ2n) is 6.05. The largest absolute Gasteiger partial charge is 0.379 e. The molecule has 0 aliphatic carbocycles. The predicted octanol–water partition coefficient (Wildman–Crippen LogP) is 0.851. The highest BCUT2D eigenvalue weighted by Crippen LogP contribution is 2.15. The maximum absolute atomic E-state index is 12.6. The van der Waals surface area contributed by atoms with Crippen molar-refractivity contribution < 1.29 is 9.53 Å². The molecule has 1 amide bonds. The van der Waals surface area contributed by atoms with E-state index in [0.717, 1.165) is 17.8 Å². The normalized spacial score (nSPS) is 18.2. The number of imidazole rings is 1. The van der Waals surface area contributed by atoms with E-state index in [1.54, 1.807) is 27.9 Å². The molecule has 0 N–H and O–H groups in total. The standard InChI is InChI=1S/C17H18N6O2/c24-17(15-3-4-18-12-20-15)22-7-8-25-11-13(10-22)9-14-1-2-16-19-5-6-23(16)21-14/h1-6,12-13H,7-11H2. The summed E-state index contributed by atoms with van der Waals surface area (Å²) in [6, 6.07) is 5.56. The van der Waals surface area contributed by atoms with Gasteiger partial charge in [-0.3, -0.25) is 4.79 Å². The Balaban J connectivity index is 1.48. The minimum Gasteiger partial charge on any atom is -0.379 e. The Labute approximate surface area is 144 Å². The van der Waals surface area contributed by atoms with Gasteiger partial charge in [0.25, 0.3) is 5.91 Å². The summed E-state index contributed by atoms with van der Waals surface area (Å²) in [5.74, 6) is 0.0951. The van der Waals surface area contributed by atoms with Crippen LogP contribution in [0, 0.1) is 5.92 Å². The van der Waals surface area contributed by atoms with Gasteiger partial charge < -0.3 is 9.64 Å². The summed E-state index contributed by atoms with van der Waals surface area (Å²) in [6.45, 7) is 2.32. The summed E-state index contributed by atoms with van der Waals surface area (Å²) >= 11 is 0. The first kappa shape index (κ1) is 15.6. The van der Waals surface area contributed by atoms with Crippen molar-refractivity contribution in [3.05, 3.63) is 54.5 Å². The van der Waals surface area contributed by atoms with Crippen LogP contribution in [0.25, 0.3) is 5.65 Å². The molecule has 25 heavy (non-hydrogen) atoms. The number of amides is 1. The first-order valence-corrected chi connectivity index (χ1v) is 8.22. The lowest BCUT2D eigenvalue weighted by molar-refractivity contribution is 0.0731. The molecule has 0 radical (unpaired) electrons. The Kier molecular flexibility index (Phi) is 4.34. The molecule has 0 spiro atoms. The molecule has 3 aromatic rings. The van der Waals surface area contributed by atoms with Gasteiger partial charge in [-0.05, 0) is 24.6 Å². The van der Waals surface area contributed by atoms with Crippen molar-refractivity contribution in [2.75, 3.05) is 26.3 Å². The van der Waals surface area contributed by atoms with Crippen LogP contribution in [0.2, 0.25) is 0 Å². The third-order valence-corrected chi connectivity index (χ3v) is 4.23. The highest BCUT2D eigenvalue weighted by atomic mass is 16.5. The third kappa shape index (κ3) is 3.48. The van der Waals surface area contributed by atoms with Gasteiger partial charge >= 0.3 is 0 Å². The van der Waals surface area contributed by atoms with Crippen LogP contribution >= 0.6 is 0 Å². The predicted molar refractivity (Wildman–Crippen MR) is 88.9 cm³/mol. The SMILES string of the molecule is O=C(c1ccncn1)N1CCOCC(Cc2ccc3nccn3n2)C1. The molecule has 0 bridgehead atoms. The van der Waals surface area contributed by atoms with Crippen LogP contribution in [0.1, 0.15) is 16.2 Å². The van der Waals surface area contributed by atoms with E-state index in [1.807, 2.05) is 18.3 Å². The molecule has 1 aliphatic heterocycles. The Hall–Kier alpha value is -2.87. The van der Waals surface area contributed by atoms with Crippen LogP contribution in [-0.4, -0.2) is 61.7 Å². The lowest BCUT2D eigenvalue weighted by Gasteiger charge is -2.23. The molecular formula is C17H18N6O2. The van der Waals surface area contributed by atoms with Gasteiger partial charge in [0.2, 0.25) is 0 Å². The monoisotopic (exact) mass is 338 g/mol. The molecule has 1 unspecified atom stereocenters. The fraction of sp³-hybridized carbons (Fsp3) is 0.353. The molecule has 4 heterocycles. The van der Waals surface area contributed by atoms with Gasteiger partial charge in [0.05, 0.1) is 18.9 Å². The number of ether oxygens (including phenoxy) is 1. The van der Waals surface area contributed by atoms with E-state index in [4.69, 9.17) is 4.74 Å². The van der Waals surface area contributed by atoms with Gasteiger partial charge in [0.1, 0.15) is 12.0 Å². The van der Waals surface area contributed by atoms with Gasteiger partial charge in [-0.25, -0.2) is 19.5 Å². The number of fused-ring (bicyclic) bond motifs is 1. The van der Waals surface area contributed by atoms with Crippen LogP contribution in [0.15, 0.2) is 43.1 Å². The number of carbonyl (C=O) groups excluding carboxylic acids is 1. The first-order valence-electron chi connectivity index (χ1n) is 8.22. The maximum Gasteiger partial charge on any atom is 0.272 e. The summed E-state index contributed by atoms with van der Waals surface area (Å²) in [6.07, 6.45) is 7.26. The van der Waals surface area contributed by atoms with Crippen molar-refractivity contribution in [3.63, 3.8) is 0 Å². The Bertz CT molecular complexity index is 866. The van der Waals surface area contributed by atoms with Gasteiger partial charge in [0.15, 0.2) is 5.65 Å². The van der Waals surface area contributed by atoms with Gasteiger partial charge in [-0.15, -0.1) is 0 Å². The average Bonchev–Trinajstić information content (AvgIpc) is 2.99. The van der Waals surface area contributed by atoms with Crippen LogP contribution < -0.4 is 0 Å². The van der Waals surface area contributed by atoms with Crippen LogP contribution in [-0.2, 0) is 11.2 Å². The first-order chi connectivity index (χ1) is 12.3. The number of rotatable bonds is 3. The van der Waals surface area contributed by atoms with E-state index in [-0.39, 0.29) is 11.8 Å². The number of aromatic nitrogens is 5. The molecule has 1 atom stereocenters. The highest BCUT2D eigenvalue weighted by Gasteiger charge is 2.24. The van der Waals surface area contributed by atoms with Gasteiger partial charge in [-0.1, -0.05) is 0 Å². The smallest absolute Gasteiger partial charge is 0.272 e. The quantitative estimate of drug-likeness (QED) is 0.704. The van der Waals surface area contributed by atoms with Crippen molar-refractivity contribution in [2.45, 2.75) is 6.42 Å². The second kappa shape index (κ2) is 6.94. The second-order valence-corrected chi connectivity index (χ2v) is 6.05. The molecule has 1 saturated heterocycles. The molecule has 8 heteroatoms. The van der Waals surface area contributed by atoms with Crippen molar-refractivity contribution in [1.29, 1.82) is 0 Å². The Morgan fingerprint density at radius 2 is 2.20 bits per heavy atom. The number of hydrogen-bond donors (Lipinski definition) is 0. The fourth-order valence-corrected chi connectivity index (χ4v) is 3.03. The topological polar surface area (TPSA) is 85.5 Å². The molecular weight excluding hydrogens is 320 g/mol. The number of hydrogen-bond acceptors (Lipinski definition) is 6. The number of carbonyl (C=O) groups is 1. The van der Waals surface area contributed by atoms with E-state index in [2.05, 4.69) is 20.1 Å². The maximum atomic E-state index is 12.6. The van der Waals surface area contributed by atoms with Crippen molar-refractivity contribution in [1.82, 2.24) is 29.5 Å². The highest BCUT2D eigenvalue weighted by molar-refractivity contribution is 5.92. The van der Waals surface area contributed by atoms with E-state index in [0.29, 0.717) is 32.0 Å². The molecule has 1 aliphatic rings. The summed E-state index contributed by atoms with van der Waals surface area (Å²) < 4.78 is 7.46. The van der Waals surface area contributed by atoms with Gasteiger partial charge in [-0.2, -0.15) is 5.10 Å².